The number of hydrogen-bond donors (Lipinski definition) is 1. The molecule has 1 heterocycles. The van der Waals surface area contributed by atoms with Gasteiger partial charge in [0.15, 0.2) is 11.5 Å². The van der Waals surface area contributed by atoms with Crippen molar-refractivity contribution in [2.45, 2.75) is 6.92 Å². The van der Waals surface area contributed by atoms with Gasteiger partial charge in [0.1, 0.15) is 5.70 Å². The molecule has 1 N–H and O–H groups in total. The lowest BCUT2D eigenvalue weighted by molar-refractivity contribution is -0.113. The number of hydrogen-bond acceptors (Lipinski definition) is 4. The summed E-state index contributed by atoms with van der Waals surface area (Å²) >= 11 is 9.32. The van der Waals surface area contributed by atoms with Crippen LogP contribution in [0.25, 0.3) is 6.08 Å². The van der Waals surface area contributed by atoms with Gasteiger partial charge in [0, 0.05) is 9.50 Å². The number of anilines is 1. The van der Waals surface area contributed by atoms with Gasteiger partial charge in [-0.2, -0.15) is 0 Å². The Morgan fingerprint density at radius 2 is 1.89 bits per heavy atom. The van der Waals surface area contributed by atoms with E-state index in [0.717, 1.165) is 4.90 Å². The molecular formula is C19H16BrClN2O4. The molecule has 2 aromatic carbocycles. The average Bonchev–Trinajstić information content (AvgIpc) is 2.92. The monoisotopic (exact) mass is 450 g/mol. The van der Waals surface area contributed by atoms with E-state index < -0.39 is 11.9 Å². The minimum absolute atomic E-state index is 0.155. The number of halogens is 2. The lowest BCUT2D eigenvalue weighted by Gasteiger charge is -2.12. The number of nitrogens with one attached hydrogen (secondary N) is 1. The van der Waals surface area contributed by atoms with Crippen molar-refractivity contribution in [2.75, 3.05) is 18.6 Å². The van der Waals surface area contributed by atoms with Gasteiger partial charge in [0.05, 0.1) is 19.4 Å². The highest BCUT2D eigenvalue weighted by Gasteiger charge is 2.35. The summed E-state index contributed by atoms with van der Waals surface area (Å²) in [5, 5.41) is 3.11. The van der Waals surface area contributed by atoms with E-state index in [2.05, 4.69) is 21.2 Å². The van der Waals surface area contributed by atoms with E-state index in [1.54, 1.807) is 42.5 Å². The number of nitrogens with zero attached hydrogens (tertiary/aromatic N) is 1. The number of rotatable bonds is 5. The lowest BCUT2D eigenvalue weighted by Crippen LogP contribution is -2.30. The second-order valence-corrected chi connectivity index (χ2v) is 6.85. The van der Waals surface area contributed by atoms with Crippen LogP contribution in [-0.2, 0) is 4.79 Å². The van der Waals surface area contributed by atoms with Gasteiger partial charge in [-0.25, -0.2) is 9.69 Å². The molecule has 1 aliphatic heterocycles. The van der Waals surface area contributed by atoms with Crippen molar-refractivity contribution >= 4 is 51.2 Å². The van der Waals surface area contributed by atoms with Crippen LogP contribution < -0.4 is 19.7 Å². The van der Waals surface area contributed by atoms with E-state index in [0.29, 0.717) is 38.9 Å². The van der Waals surface area contributed by atoms with Gasteiger partial charge in [-0.3, -0.25) is 4.79 Å². The number of ether oxygens (including phenoxy) is 2. The first kappa shape index (κ1) is 19.3. The molecule has 0 atom stereocenters. The number of benzene rings is 2. The highest BCUT2D eigenvalue weighted by molar-refractivity contribution is 9.10. The van der Waals surface area contributed by atoms with Crippen LogP contribution >= 0.6 is 27.5 Å². The average molecular weight is 452 g/mol. The van der Waals surface area contributed by atoms with Gasteiger partial charge in [0.25, 0.3) is 5.91 Å². The van der Waals surface area contributed by atoms with E-state index in [9.17, 15) is 9.59 Å². The number of carbonyl (C=O) groups is 2. The molecule has 0 radical (unpaired) electrons. The maximum absolute atomic E-state index is 12.7. The van der Waals surface area contributed by atoms with Crippen molar-refractivity contribution in [1.29, 1.82) is 0 Å². The van der Waals surface area contributed by atoms with Crippen LogP contribution in [0.4, 0.5) is 10.5 Å². The Labute approximate surface area is 169 Å². The topological polar surface area (TPSA) is 67.9 Å². The van der Waals surface area contributed by atoms with Gasteiger partial charge in [-0.15, -0.1) is 0 Å². The third kappa shape index (κ3) is 3.94. The van der Waals surface area contributed by atoms with E-state index in [1.165, 1.54) is 7.11 Å². The first-order chi connectivity index (χ1) is 12.9. The molecule has 0 bridgehead atoms. The minimum Gasteiger partial charge on any atom is -0.493 e. The van der Waals surface area contributed by atoms with E-state index in [1.807, 2.05) is 6.92 Å². The number of methoxy groups -OCH3 is 1. The summed E-state index contributed by atoms with van der Waals surface area (Å²) in [6.45, 7) is 2.37. The number of imide groups is 1. The quantitative estimate of drug-likeness (QED) is 0.532. The van der Waals surface area contributed by atoms with Crippen molar-refractivity contribution in [2.24, 2.45) is 0 Å². The summed E-state index contributed by atoms with van der Waals surface area (Å²) in [6, 6.07) is 9.42. The highest BCUT2D eigenvalue weighted by Crippen LogP contribution is 2.35. The molecular weight excluding hydrogens is 436 g/mol. The third-order valence-corrected chi connectivity index (χ3v) is 4.78. The van der Waals surface area contributed by atoms with Gasteiger partial charge in [-0.1, -0.05) is 27.5 Å². The van der Waals surface area contributed by atoms with Gasteiger partial charge >= 0.3 is 6.03 Å². The predicted octanol–water partition coefficient (Wildman–Crippen LogP) is 4.61. The van der Waals surface area contributed by atoms with E-state index in [-0.39, 0.29) is 5.70 Å². The zero-order valence-corrected chi connectivity index (χ0v) is 16.9. The molecule has 3 rings (SSSR count). The molecule has 2 aromatic rings. The van der Waals surface area contributed by atoms with Crippen molar-refractivity contribution < 1.29 is 19.1 Å². The van der Waals surface area contributed by atoms with Gasteiger partial charge in [-0.05, 0) is 55.0 Å². The predicted molar refractivity (Wildman–Crippen MR) is 107 cm³/mol. The number of carbonyl (C=O) groups excluding carboxylic acids is 2. The first-order valence-corrected chi connectivity index (χ1v) is 9.24. The molecule has 0 unspecified atom stereocenters. The van der Waals surface area contributed by atoms with E-state index >= 15 is 0 Å². The smallest absolute Gasteiger partial charge is 0.333 e. The summed E-state index contributed by atoms with van der Waals surface area (Å²) in [5.74, 6) is 0.652. The van der Waals surface area contributed by atoms with Crippen LogP contribution in [0.1, 0.15) is 12.5 Å². The van der Waals surface area contributed by atoms with Crippen molar-refractivity contribution in [3.63, 3.8) is 0 Å². The second kappa shape index (κ2) is 8.02. The Morgan fingerprint density at radius 1 is 1.19 bits per heavy atom. The molecule has 27 heavy (non-hydrogen) atoms. The Morgan fingerprint density at radius 3 is 2.52 bits per heavy atom. The van der Waals surface area contributed by atoms with Crippen LogP contribution in [0.3, 0.4) is 0 Å². The molecule has 0 aliphatic carbocycles. The number of amides is 3. The minimum atomic E-state index is -0.525. The van der Waals surface area contributed by atoms with Crippen LogP contribution in [0, 0.1) is 0 Å². The zero-order chi connectivity index (χ0) is 19.6. The van der Waals surface area contributed by atoms with Crippen molar-refractivity contribution in [3.8, 4) is 11.5 Å². The summed E-state index contributed by atoms with van der Waals surface area (Å²) < 4.78 is 11.6. The Kier molecular flexibility index (Phi) is 5.72. The molecule has 8 heteroatoms. The molecule has 0 saturated carbocycles. The second-order valence-electron chi connectivity index (χ2n) is 5.56. The maximum atomic E-state index is 12.7. The highest BCUT2D eigenvalue weighted by atomic mass is 79.9. The summed E-state index contributed by atoms with van der Waals surface area (Å²) in [4.78, 5) is 26.1. The fraction of sp³-hybridized carbons (Fsp3) is 0.158. The largest absolute Gasteiger partial charge is 0.493 e. The Bertz CT molecular complexity index is 928. The molecule has 3 amide bonds. The molecule has 0 spiro atoms. The lowest BCUT2D eigenvalue weighted by atomic mass is 10.1. The van der Waals surface area contributed by atoms with Crippen LogP contribution in [0.2, 0.25) is 5.02 Å². The first-order valence-electron chi connectivity index (χ1n) is 8.07. The maximum Gasteiger partial charge on any atom is 0.333 e. The van der Waals surface area contributed by atoms with Gasteiger partial charge in [0.2, 0.25) is 0 Å². The molecule has 1 fully saturated rings. The van der Waals surface area contributed by atoms with Crippen LogP contribution in [0.5, 0.6) is 11.5 Å². The Hall–Kier alpha value is -2.51. The molecule has 6 nitrogen and oxygen atoms in total. The van der Waals surface area contributed by atoms with Crippen molar-refractivity contribution in [3.05, 3.63) is 57.2 Å². The molecule has 0 aromatic heterocycles. The number of urea groups is 1. The zero-order valence-electron chi connectivity index (χ0n) is 14.6. The normalized spacial score (nSPS) is 15.3. The summed E-state index contributed by atoms with van der Waals surface area (Å²) in [5.41, 5.74) is 1.26. The van der Waals surface area contributed by atoms with Crippen LogP contribution in [-0.4, -0.2) is 25.7 Å². The van der Waals surface area contributed by atoms with Crippen LogP contribution in [0.15, 0.2) is 46.6 Å². The SMILES string of the molecule is CCOc1cc(Br)c(/C=C2/NC(=O)N(c3ccc(Cl)cc3)C2=O)cc1OC. The van der Waals surface area contributed by atoms with Crippen molar-refractivity contribution in [1.82, 2.24) is 5.32 Å². The fourth-order valence-electron chi connectivity index (χ4n) is 2.60. The molecule has 1 saturated heterocycles. The molecule has 140 valence electrons. The van der Waals surface area contributed by atoms with Gasteiger partial charge < -0.3 is 14.8 Å². The fourth-order valence-corrected chi connectivity index (χ4v) is 3.17. The van der Waals surface area contributed by atoms with E-state index in [4.69, 9.17) is 21.1 Å². The Balaban J connectivity index is 1.95. The standard InChI is InChI=1S/C19H16BrClN2O4/c1-3-27-17-10-14(20)11(9-16(17)26-2)8-15-18(24)23(19(25)22-15)13-6-4-12(21)5-7-13/h4-10H,3H2,1-2H3,(H,22,25)/b15-8+. The summed E-state index contributed by atoms with van der Waals surface area (Å²) in [6.07, 6.45) is 1.58. The third-order valence-electron chi connectivity index (χ3n) is 3.85. The summed E-state index contributed by atoms with van der Waals surface area (Å²) in [7, 11) is 1.54. The molecule has 1 aliphatic rings.